The minimum absolute atomic E-state index is 0.194. The van der Waals surface area contributed by atoms with E-state index in [1.54, 1.807) is 6.07 Å². The van der Waals surface area contributed by atoms with Gasteiger partial charge < -0.3 is 0 Å². The third-order valence-electron chi connectivity index (χ3n) is 3.29. The lowest BCUT2D eigenvalue weighted by molar-refractivity contribution is 0.563. The fourth-order valence-corrected chi connectivity index (χ4v) is 2.07. The predicted molar refractivity (Wildman–Crippen MR) is 65.1 cm³/mol. The lowest BCUT2D eigenvalue weighted by Crippen LogP contribution is -1.99. The maximum absolute atomic E-state index is 13.2. The first-order valence-electron chi connectivity index (χ1n) is 6.01. The molecule has 0 amide bonds. The number of nitrogens with zero attached hydrogens (tertiary/aromatic N) is 2. The average Bonchev–Trinajstić information content (AvgIpc) is 2.99. The lowest BCUT2D eigenvalue weighted by atomic mass is 10.0. The molecule has 0 aliphatic heterocycles. The topological polar surface area (TPSA) is 17.8 Å². The fraction of sp³-hybridized carbons (Fsp3) is 0.357. The predicted octanol–water partition coefficient (Wildman–Crippen LogP) is 3.41. The van der Waals surface area contributed by atoms with Crippen molar-refractivity contribution in [1.29, 1.82) is 0 Å². The summed E-state index contributed by atoms with van der Waals surface area (Å²) in [4.78, 5) is 0. The molecule has 2 aromatic rings. The lowest BCUT2D eigenvalue weighted by Gasteiger charge is -2.02. The third-order valence-corrected chi connectivity index (χ3v) is 3.29. The van der Waals surface area contributed by atoms with E-state index in [2.05, 4.69) is 5.10 Å². The van der Waals surface area contributed by atoms with Gasteiger partial charge in [-0.25, -0.2) is 4.39 Å². The molecule has 1 heterocycles. The van der Waals surface area contributed by atoms with Gasteiger partial charge in [-0.2, -0.15) is 5.10 Å². The molecule has 88 valence electrons. The number of hydrogen-bond donors (Lipinski definition) is 0. The SMILES string of the molecule is Cc1ccc(F)cc1-c1cnn(CC2CC2)c1. The summed E-state index contributed by atoms with van der Waals surface area (Å²) in [5.41, 5.74) is 3.02. The third kappa shape index (κ3) is 2.23. The summed E-state index contributed by atoms with van der Waals surface area (Å²) in [7, 11) is 0. The van der Waals surface area contributed by atoms with Gasteiger partial charge in [0, 0.05) is 18.3 Å². The zero-order valence-electron chi connectivity index (χ0n) is 9.86. The van der Waals surface area contributed by atoms with Crippen molar-refractivity contribution in [2.45, 2.75) is 26.3 Å². The molecule has 3 heteroatoms. The van der Waals surface area contributed by atoms with Crippen LogP contribution in [0, 0.1) is 18.7 Å². The van der Waals surface area contributed by atoms with Crippen LogP contribution in [-0.4, -0.2) is 9.78 Å². The van der Waals surface area contributed by atoms with E-state index < -0.39 is 0 Å². The largest absolute Gasteiger partial charge is 0.272 e. The fourth-order valence-electron chi connectivity index (χ4n) is 2.07. The van der Waals surface area contributed by atoms with Gasteiger partial charge in [0.15, 0.2) is 0 Å². The molecule has 0 N–H and O–H groups in total. The van der Waals surface area contributed by atoms with Gasteiger partial charge in [-0.3, -0.25) is 4.68 Å². The van der Waals surface area contributed by atoms with Crippen LogP contribution in [0.4, 0.5) is 4.39 Å². The molecule has 3 rings (SSSR count). The van der Waals surface area contributed by atoms with E-state index in [0.29, 0.717) is 0 Å². The zero-order valence-corrected chi connectivity index (χ0v) is 9.86. The number of aromatic nitrogens is 2. The molecule has 0 radical (unpaired) electrons. The minimum atomic E-state index is -0.194. The summed E-state index contributed by atoms with van der Waals surface area (Å²) in [5, 5.41) is 4.34. The molecule has 0 saturated heterocycles. The molecule has 0 atom stereocenters. The van der Waals surface area contributed by atoms with E-state index in [-0.39, 0.29) is 5.82 Å². The number of aryl methyl sites for hydroxylation is 1. The highest BCUT2D eigenvalue weighted by Gasteiger charge is 2.22. The monoisotopic (exact) mass is 230 g/mol. The number of rotatable bonds is 3. The molecule has 17 heavy (non-hydrogen) atoms. The van der Waals surface area contributed by atoms with Gasteiger partial charge in [-0.1, -0.05) is 6.07 Å². The Balaban J connectivity index is 1.91. The summed E-state index contributed by atoms with van der Waals surface area (Å²) in [6.07, 6.45) is 6.46. The number of benzene rings is 1. The molecule has 2 nitrogen and oxygen atoms in total. The Labute approximate surface area is 100 Å². The summed E-state index contributed by atoms with van der Waals surface area (Å²) >= 11 is 0. The Kier molecular flexibility index (Phi) is 2.46. The second-order valence-electron chi connectivity index (χ2n) is 4.85. The van der Waals surface area contributed by atoms with Crippen LogP contribution in [0.5, 0.6) is 0 Å². The van der Waals surface area contributed by atoms with Crippen LogP contribution in [0.15, 0.2) is 30.6 Å². The van der Waals surface area contributed by atoms with Crippen LogP contribution >= 0.6 is 0 Å². The van der Waals surface area contributed by atoms with Crippen molar-refractivity contribution < 1.29 is 4.39 Å². The maximum atomic E-state index is 13.2. The first-order valence-corrected chi connectivity index (χ1v) is 6.01. The van der Waals surface area contributed by atoms with E-state index in [0.717, 1.165) is 29.2 Å². The zero-order chi connectivity index (χ0) is 11.8. The second-order valence-corrected chi connectivity index (χ2v) is 4.85. The van der Waals surface area contributed by atoms with E-state index in [1.807, 2.05) is 30.1 Å². The standard InChI is InChI=1S/C14H15FN2/c1-10-2-5-13(15)6-14(10)12-7-16-17(9-12)8-11-3-4-11/h2,5-7,9,11H,3-4,8H2,1H3. The Bertz CT molecular complexity index is 541. The van der Waals surface area contributed by atoms with Crippen molar-refractivity contribution in [3.8, 4) is 11.1 Å². The van der Waals surface area contributed by atoms with Crippen LogP contribution in [0.1, 0.15) is 18.4 Å². The molecule has 1 saturated carbocycles. The van der Waals surface area contributed by atoms with Crippen molar-refractivity contribution in [3.63, 3.8) is 0 Å². The number of hydrogen-bond acceptors (Lipinski definition) is 1. The first kappa shape index (κ1) is 10.5. The highest BCUT2D eigenvalue weighted by molar-refractivity contribution is 5.65. The van der Waals surface area contributed by atoms with Gasteiger partial charge in [0.2, 0.25) is 0 Å². The normalized spacial score (nSPS) is 15.2. The Morgan fingerprint density at radius 3 is 3.00 bits per heavy atom. The van der Waals surface area contributed by atoms with E-state index in [4.69, 9.17) is 0 Å². The molecule has 0 unspecified atom stereocenters. The van der Waals surface area contributed by atoms with Gasteiger partial charge in [0.1, 0.15) is 5.82 Å². The molecule has 0 bridgehead atoms. The average molecular weight is 230 g/mol. The molecular weight excluding hydrogens is 215 g/mol. The van der Waals surface area contributed by atoms with Crippen molar-refractivity contribution in [1.82, 2.24) is 9.78 Å². The Morgan fingerprint density at radius 1 is 1.41 bits per heavy atom. The molecular formula is C14H15FN2. The van der Waals surface area contributed by atoms with E-state index in [9.17, 15) is 4.39 Å². The van der Waals surface area contributed by atoms with Crippen molar-refractivity contribution >= 4 is 0 Å². The van der Waals surface area contributed by atoms with Crippen LogP contribution in [0.3, 0.4) is 0 Å². The van der Waals surface area contributed by atoms with E-state index >= 15 is 0 Å². The van der Waals surface area contributed by atoms with Crippen LogP contribution in [0.2, 0.25) is 0 Å². The molecule has 1 aliphatic carbocycles. The highest BCUT2D eigenvalue weighted by atomic mass is 19.1. The van der Waals surface area contributed by atoms with Gasteiger partial charge in [0.25, 0.3) is 0 Å². The molecule has 1 aromatic carbocycles. The number of halogens is 1. The molecule has 0 spiro atoms. The molecule has 1 aromatic heterocycles. The van der Waals surface area contributed by atoms with Crippen LogP contribution < -0.4 is 0 Å². The molecule has 1 aliphatic rings. The summed E-state index contributed by atoms with van der Waals surface area (Å²) < 4.78 is 15.2. The van der Waals surface area contributed by atoms with Gasteiger partial charge in [-0.05, 0) is 48.9 Å². The maximum Gasteiger partial charge on any atom is 0.123 e. The first-order chi connectivity index (χ1) is 8.22. The van der Waals surface area contributed by atoms with Crippen molar-refractivity contribution in [3.05, 3.63) is 42.0 Å². The van der Waals surface area contributed by atoms with Crippen LogP contribution in [-0.2, 0) is 6.54 Å². The summed E-state index contributed by atoms with van der Waals surface area (Å²) in [6.45, 7) is 2.99. The van der Waals surface area contributed by atoms with Gasteiger partial charge >= 0.3 is 0 Å². The smallest absolute Gasteiger partial charge is 0.123 e. The summed E-state index contributed by atoms with van der Waals surface area (Å²) in [5.74, 6) is 0.608. The second kappa shape index (κ2) is 3.99. The van der Waals surface area contributed by atoms with Crippen molar-refractivity contribution in [2.24, 2.45) is 5.92 Å². The van der Waals surface area contributed by atoms with Gasteiger partial charge in [0.05, 0.1) is 6.20 Å². The van der Waals surface area contributed by atoms with Gasteiger partial charge in [-0.15, -0.1) is 0 Å². The quantitative estimate of drug-likeness (QED) is 0.790. The minimum Gasteiger partial charge on any atom is -0.272 e. The Hall–Kier alpha value is -1.64. The highest BCUT2D eigenvalue weighted by Crippen LogP contribution is 2.31. The summed E-state index contributed by atoms with van der Waals surface area (Å²) in [6, 6.07) is 4.88. The molecule has 1 fully saturated rings. The van der Waals surface area contributed by atoms with Crippen LogP contribution in [0.25, 0.3) is 11.1 Å². The van der Waals surface area contributed by atoms with Crippen molar-refractivity contribution in [2.75, 3.05) is 0 Å². The van der Waals surface area contributed by atoms with E-state index in [1.165, 1.54) is 18.9 Å². The Morgan fingerprint density at radius 2 is 2.24 bits per heavy atom.